The lowest BCUT2D eigenvalue weighted by atomic mass is 11.0. The molecule has 50 valence electrons. The minimum absolute atomic E-state index is 0.218. The highest BCUT2D eigenvalue weighted by molar-refractivity contribution is 5.32. The summed E-state index contributed by atoms with van der Waals surface area (Å²) in [4.78, 5) is 11.9. The van der Waals surface area contributed by atoms with Crippen molar-refractivity contribution < 1.29 is 14.3 Å². The van der Waals surface area contributed by atoms with Crippen LogP contribution in [0.5, 0.6) is 0 Å². The first-order valence-corrected chi connectivity index (χ1v) is 2.04. The minimum Gasteiger partial charge on any atom is -0.483 e. The molecule has 0 aliphatic heterocycles. The Morgan fingerprint density at radius 1 is 1.89 bits per heavy atom. The summed E-state index contributed by atoms with van der Waals surface area (Å²) < 4.78 is 4.50. The molecule has 0 aliphatic rings. The first-order valence-electron chi connectivity index (χ1n) is 2.04. The third-order valence-electron chi connectivity index (χ3n) is 0.451. The van der Waals surface area contributed by atoms with Gasteiger partial charge in [-0.1, -0.05) is 0 Å². The van der Waals surface area contributed by atoms with Crippen LogP contribution in [-0.2, 0) is 4.79 Å². The highest BCUT2D eigenvalue weighted by Crippen LogP contribution is 1.90. The van der Waals surface area contributed by atoms with E-state index in [4.69, 9.17) is 15.6 Å². The van der Waals surface area contributed by atoms with Crippen molar-refractivity contribution in [3.05, 3.63) is 12.5 Å². The van der Waals surface area contributed by atoms with Gasteiger partial charge >= 0.3 is 0 Å². The van der Waals surface area contributed by atoms with Gasteiger partial charge in [-0.15, -0.1) is 0 Å². The molecular weight excluding hydrogens is 124 g/mol. The predicted molar refractivity (Wildman–Crippen MR) is 29.6 cm³/mol. The van der Waals surface area contributed by atoms with Crippen molar-refractivity contribution in [2.75, 3.05) is 5.73 Å². The maximum Gasteiger partial charge on any atom is 0.291 e. The zero-order chi connectivity index (χ0) is 7.11. The summed E-state index contributed by atoms with van der Waals surface area (Å²) in [6.45, 7) is -0.250. The van der Waals surface area contributed by atoms with Crippen molar-refractivity contribution in [1.82, 2.24) is 4.98 Å². The van der Waals surface area contributed by atoms with Crippen molar-refractivity contribution in [2.45, 2.75) is 0 Å². The molecule has 0 aromatic carbocycles. The van der Waals surface area contributed by atoms with Gasteiger partial charge in [0.15, 0.2) is 0 Å². The second kappa shape index (κ2) is 4.63. The molecule has 0 saturated heterocycles. The summed E-state index contributed by atoms with van der Waals surface area (Å²) in [5, 5.41) is 6.89. The Morgan fingerprint density at radius 2 is 2.44 bits per heavy atom. The van der Waals surface area contributed by atoms with Gasteiger partial charge in [0.1, 0.15) is 6.26 Å². The number of carbonyl (C=O) groups is 1. The molecule has 1 rings (SSSR count). The van der Waals surface area contributed by atoms with Crippen molar-refractivity contribution in [3.8, 4) is 0 Å². The zero-order valence-corrected chi connectivity index (χ0v) is 4.52. The fourth-order valence-electron chi connectivity index (χ4n) is 0.234. The molecule has 0 fully saturated rings. The number of hydrogen-bond donors (Lipinski definition) is 2. The predicted octanol–water partition coefficient (Wildman–Crippen LogP) is -0.0424. The van der Waals surface area contributed by atoms with Gasteiger partial charge in [-0.25, -0.2) is 4.98 Å². The maximum atomic E-state index is 8.36. The molecule has 1 aromatic rings. The molecular formula is C4H6N2O3. The molecule has 1 heterocycles. The molecule has 0 spiro atoms. The molecule has 9 heavy (non-hydrogen) atoms. The number of hydrogen-bond acceptors (Lipinski definition) is 4. The summed E-state index contributed by atoms with van der Waals surface area (Å²) in [6.07, 6.45) is 2.92. The molecule has 0 unspecified atom stereocenters. The molecule has 0 saturated carbocycles. The van der Waals surface area contributed by atoms with Crippen LogP contribution in [0.2, 0.25) is 0 Å². The Kier molecular flexibility index (Phi) is 3.85. The molecule has 3 N–H and O–H groups in total. The fraction of sp³-hybridized carbons (Fsp3) is 0. The van der Waals surface area contributed by atoms with Gasteiger partial charge in [-0.05, 0) is 0 Å². The van der Waals surface area contributed by atoms with E-state index in [1.54, 1.807) is 0 Å². The summed E-state index contributed by atoms with van der Waals surface area (Å²) in [5.74, 6) is 0. The SMILES string of the molecule is Nc1ncco1.O=CO. The van der Waals surface area contributed by atoms with Crippen molar-refractivity contribution in [1.29, 1.82) is 0 Å². The van der Waals surface area contributed by atoms with Crippen LogP contribution in [0.3, 0.4) is 0 Å². The van der Waals surface area contributed by atoms with Gasteiger partial charge in [0.2, 0.25) is 0 Å². The lowest BCUT2D eigenvalue weighted by Crippen LogP contribution is -1.79. The number of nitrogen functional groups attached to an aromatic ring is 1. The van der Waals surface area contributed by atoms with E-state index in [-0.39, 0.29) is 12.5 Å². The second-order valence-electron chi connectivity index (χ2n) is 0.976. The third kappa shape index (κ3) is 4.33. The molecule has 0 amide bonds. The van der Waals surface area contributed by atoms with Gasteiger partial charge < -0.3 is 15.3 Å². The van der Waals surface area contributed by atoms with Gasteiger partial charge in [-0.3, -0.25) is 4.79 Å². The lowest BCUT2D eigenvalue weighted by molar-refractivity contribution is -0.122. The highest BCUT2D eigenvalue weighted by atomic mass is 16.4. The van der Waals surface area contributed by atoms with E-state index in [1.807, 2.05) is 0 Å². The molecule has 0 bridgehead atoms. The Hall–Kier alpha value is -1.52. The van der Waals surface area contributed by atoms with Crippen LogP contribution in [0.1, 0.15) is 0 Å². The largest absolute Gasteiger partial charge is 0.483 e. The van der Waals surface area contributed by atoms with E-state index in [9.17, 15) is 0 Å². The summed E-state index contributed by atoms with van der Waals surface area (Å²) in [7, 11) is 0. The summed E-state index contributed by atoms with van der Waals surface area (Å²) in [5.41, 5.74) is 5.00. The molecule has 5 nitrogen and oxygen atoms in total. The zero-order valence-electron chi connectivity index (χ0n) is 4.52. The Bertz CT molecular complexity index is 149. The van der Waals surface area contributed by atoms with Gasteiger partial charge in [-0.2, -0.15) is 0 Å². The number of oxazole rings is 1. The number of carboxylic acid groups (broad SMARTS) is 1. The molecule has 1 aromatic heterocycles. The van der Waals surface area contributed by atoms with Crippen LogP contribution >= 0.6 is 0 Å². The molecule has 5 heteroatoms. The molecule has 0 radical (unpaired) electrons. The number of anilines is 1. The average Bonchev–Trinajstić information content (AvgIpc) is 2.20. The van der Waals surface area contributed by atoms with Crippen LogP contribution in [0, 0.1) is 0 Å². The lowest BCUT2D eigenvalue weighted by Gasteiger charge is -1.68. The van der Waals surface area contributed by atoms with E-state index in [1.165, 1.54) is 12.5 Å². The standard InChI is InChI=1S/C3H4N2O.CH2O2/c4-3-5-1-2-6-3;2-1-3/h1-2H,(H2,4,5);1H,(H,2,3). The monoisotopic (exact) mass is 130 g/mol. The van der Waals surface area contributed by atoms with E-state index in [0.717, 1.165) is 0 Å². The van der Waals surface area contributed by atoms with Crippen molar-refractivity contribution in [3.63, 3.8) is 0 Å². The Labute approximate surface area is 51.1 Å². The van der Waals surface area contributed by atoms with E-state index in [0.29, 0.717) is 0 Å². The van der Waals surface area contributed by atoms with Crippen LogP contribution in [0.15, 0.2) is 16.9 Å². The van der Waals surface area contributed by atoms with E-state index < -0.39 is 0 Å². The molecule has 0 aliphatic carbocycles. The average molecular weight is 130 g/mol. The molecule has 0 atom stereocenters. The quantitative estimate of drug-likeness (QED) is 0.481. The Morgan fingerprint density at radius 3 is 2.56 bits per heavy atom. The Balaban J connectivity index is 0.000000187. The van der Waals surface area contributed by atoms with Crippen molar-refractivity contribution >= 4 is 12.5 Å². The van der Waals surface area contributed by atoms with Gasteiger partial charge in [0, 0.05) is 0 Å². The smallest absolute Gasteiger partial charge is 0.291 e. The first kappa shape index (κ1) is 7.48. The highest BCUT2D eigenvalue weighted by Gasteiger charge is 1.78. The summed E-state index contributed by atoms with van der Waals surface area (Å²) >= 11 is 0. The first-order chi connectivity index (χ1) is 4.31. The number of nitrogens with zero attached hydrogens (tertiary/aromatic N) is 1. The van der Waals surface area contributed by atoms with Crippen LogP contribution in [0.4, 0.5) is 6.01 Å². The number of aromatic nitrogens is 1. The van der Waals surface area contributed by atoms with Crippen molar-refractivity contribution in [2.24, 2.45) is 0 Å². The van der Waals surface area contributed by atoms with Crippen LogP contribution < -0.4 is 5.73 Å². The normalized spacial score (nSPS) is 7.11. The maximum absolute atomic E-state index is 8.36. The van der Waals surface area contributed by atoms with Gasteiger partial charge in [0.05, 0.1) is 6.20 Å². The van der Waals surface area contributed by atoms with Crippen LogP contribution in [0.25, 0.3) is 0 Å². The second-order valence-corrected chi connectivity index (χ2v) is 0.976. The van der Waals surface area contributed by atoms with Gasteiger partial charge in [0.25, 0.3) is 12.5 Å². The fourth-order valence-corrected chi connectivity index (χ4v) is 0.234. The topological polar surface area (TPSA) is 89.4 Å². The number of nitrogens with two attached hydrogens (primary N) is 1. The van der Waals surface area contributed by atoms with E-state index in [2.05, 4.69) is 9.40 Å². The van der Waals surface area contributed by atoms with Crippen LogP contribution in [-0.4, -0.2) is 16.6 Å². The third-order valence-corrected chi connectivity index (χ3v) is 0.451. The number of rotatable bonds is 0. The van der Waals surface area contributed by atoms with E-state index >= 15 is 0 Å². The minimum atomic E-state index is -0.250. The summed E-state index contributed by atoms with van der Waals surface area (Å²) in [6, 6.07) is 0.218.